The maximum atomic E-state index is 12.8. The molecule has 2 nitrogen and oxygen atoms in total. The molecule has 2 atom stereocenters. The zero-order chi connectivity index (χ0) is 10.3. The number of benzene rings is 1. The zero-order valence-electron chi connectivity index (χ0n) is 7.15. The van der Waals surface area contributed by atoms with Crippen molar-refractivity contribution in [3.63, 3.8) is 0 Å². The Labute approximate surface area is 86.1 Å². The third-order valence-corrected chi connectivity index (χ3v) is 4.30. The maximum Gasteiger partial charge on any atom is 0.236 e. The fourth-order valence-corrected chi connectivity index (χ4v) is 3.15. The van der Waals surface area contributed by atoms with Gasteiger partial charge in [0.2, 0.25) is 9.05 Å². The van der Waals surface area contributed by atoms with Crippen LogP contribution >= 0.6 is 10.7 Å². The summed E-state index contributed by atoms with van der Waals surface area (Å²) in [6.45, 7) is 0. The van der Waals surface area contributed by atoms with E-state index in [2.05, 4.69) is 0 Å². The van der Waals surface area contributed by atoms with E-state index in [9.17, 15) is 12.8 Å². The van der Waals surface area contributed by atoms with Gasteiger partial charge in [0.25, 0.3) is 0 Å². The molecule has 1 aliphatic rings. The highest BCUT2D eigenvalue weighted by molar-refractivity contribution is 8.14. The summed E-state index contributed by atoms with van der Waals surface area (Å²) < 4.78 is 34.7. The fraction of sp³-hybridized carbons (Fsp3) is 0.333. The molecule has 2 rings (SSSR count). The van der Waals surface area contributed by atoms with Gasteiger partial charge in [-0.3, -0.25) is 0 Å². The van der Waals surface area contributed by atoms with Crippen molar-refractivity contribution >= 4 is 19.7 Å². The minimum Gasteiger partial charge on any atom is -0.212 e. The highest BCUT2D eigenvalue weighted by atomic mass is 35.7. The number of halogens is 2. The Hall–Kier alpha value is -0.610. The van der Waals surface area contributed by atoms with Gasteiger partial charge in [0.05, 0.1) is 5.25 Å². The van der Waals surface area contributed by atoms with Crippen LogP contribution in [-0.2, 0) is 9.05 Å². The molecule has 0 unspecified atom stereocenters. The molecule has 1 fully saturated rings. The molecule has 0 amide bonds. The average molecular weight is 235 g/mol. The molecule has 1 saturated carbocycles. The molecule has 0 aromatic heterocycles. The van der Waals surface area contributed by atoms with Gasteiger partial charge in [-0.1, -0.05) is 12.1 Å². The molecule has 1 aliphatic carbocycles. The highest BCUT2D eigenvalue weighted by Gasteiger charge is 2.47. The topological polar surface area (TPSA) is 34.1 Å². The Morgan fingerprint density at radius 2 is 2.14 bits per heavy atom. The third kappa shape index (κ3) is 1.91. The zero-order valence-corrected chi connectivity index (χ0v) is 8.72. The summed E-state index contributed by atoms with van der Waals surface area (Å²) in [6, 6.07) is 5.97. The van der Waals surface area contributed by atoms with E-state index in [1.165, 1.54) is 12.1 Å². The van der Waals surface area contributed by atoms with Crippen LogP contribution < -0.4 is 0 Å². The lowest BCUT2D eigenvalue weighted by atomic mass is 10.1. The summed E-state index contributed by atoms with van der Waals surface area (Å²) in [7, 11) is 1.70. The lowest BCUT2D eigenvalue weighted by Crippen LogP contribution is -1.99. The molecule has 0 bridgehead atoms. The minimum atomic E-state index is -3.49. The van der Waals surface area contributed by atoms with E-state index >= 15 is 0 Å². The molecule has 0 saturated heterocycles. The second-order valence-electron chi connectivity index (χ2n) is 3.41. The van der Waals surface area contributed by atoms with Gasteiger partial charge in [0.15, 0.2) is 0 Å². The summed E-state index contributed by atoms with van der Waals surface area (Å²) >= 11 is 0. The number of hydrogen-bond donors (Lipinski definition) is 0. The first-order valence-corrected chi connectivity index (χ1v) is 6.54. The largest absolute Gasteiger partial charge is 0.236 e. The normalized spacial score (nSPS) is 26.1. The van der Waals surface area contributed by atoms with Gasteiger partial charge in [-0.25, -0.2) is 12.8 Å². The van der Waals surface area contributed by atoms with Crippen LogP contribution in [0.25, 0.3) is 0 Å². The average Bonchev–Trinajstić information content (AvgIpc) is 2.81. The van der Waals surface area contributed by atoms with Gasteiger partial charge in [-0.05, 0) is 24.1 Å². The molecule has 0 aliphatic heterocycles. The van der Waals surface area contributed by atoms with Gasteiger partial charge >= 0.3 is 0 Å². The van der Waals surface area contributed by atoms with E-state index in [0.717, 1.165) is 0 Å². The summed E-state index contributed by atoms with van der Waals surface area (Å²) in [6.07, 6.45) is 0.495. The third-order valence-electron chi connectivity index (χ3n) is 2.37. The molecule has 0 spiro atoms. The lowest BCUT2D eigenvalue weighted by Gasteiger charge is -1.98. The molecule has 0 heterocycles. The van der Waals surface area contributed by atoms with Crippen molar-refractivity contribution < 1.29 is 12.8 Å². The Morgan fingerprint density at radius 1 is 1.43 bits per heavy atom. The first-order valence-electron chi connectivity index (χ1n) is 4.17. The van der Waals surface area contributed by atoms with Crippen molar-refractivity contribution in [2.24, 2.45) is 0 Å². The Morgan fingerprint density at radius 3 is 2.64 bits per heavy atom. The number of rotatable bonds is 2. The first-order chi connectivity index (χ1) is 6.48. The van der Waals surface area contributed by atoms with Crippen LogP contribution in [0.1, 0.15) is 17.9 Å². The molecule has 14 heavy (non-hydrogen) atoms. The first kappa shape index (κ1) is 9.93. The molecule has 1 aromatic carbocycles. The van der Waals surface area contributed by atoms with Gasteiger partial charge in [0, 0.05) is 16.6 Å². The van der Waals surface area contributed by atoms with E-state index in [1.54, 1.807) is 12.1 Å². The molecule has 76 valence electrons. The standard InChI is InChI=1S/C9H8ClFO2S/c10-14(12,13)9-5-8(9)6-2-1-3-7(11)4-6/h1-4,8-9H,5H2/t8-,9-/m0/s1. The summed E-state index contributed by atoms with van der Waals surface area (Å²) in [5, 5.41) is -0.536. The van der Waals surface area contributed by atoms with Gasteiger partial charge < -0.3 is 0 Å². The molecular formula is C9H8ClFO2S. The van der Waals surface area contributed by atoms with E-state index in [0.29, 0.717) is 12.0 Å². The van der Waals surface area contributed by atoms with Crippen LogP contribution in [0.3, 0.4) is 0 Å². The van der Waals surface area contributed by atoms with Crippen molar-refractivity contribution in [3.8, 4) is 0 Å². The smallest absolute Gasteiger partial charge is 0.212 e. The van der Waals surface area contributed by atoms with Crippen LogP contribution in [0.5, 0.6) is 0 Å². The monoisotopic (exact) mass is 234 g/mol. The molecule has 1 aromatic rings. The predicted molar refractivity (Wildman–Crippen MR) is 52.3 cm³/mol. The van der Waals surface area contributed by atoms with Gasteiger partial charge in [0.1, 0.15) is 5.82 Å². The second kappa shape index (κ2) is 3.21. The molecular weight excluding hydrogens is 227 g/mol. The van der Waals surface area contributed by atoms with Crippen LogP contribution in [0.4, 0.5) is 4.39 Å². The summed E-state index contributed by atoms with van der Waals surface area (Å²) in [5.41, 5.74) is 0.708. The van der Waals surface area contributed by atoms with E-state index in [1.807, 2.05) is 0 Å². The Bertz CT molecular complexity index is 458. The van der Waals surface area contributed by atoms with E-state index in [4.69, 9.17) is 10.7 Å². The number of hydrogen-bond acceptors (Lipinski definition) is 2. The summed E-state index contributed by atoms with van der Waals surface area (Å²) in [4.78, 5) is 0. The maximum absolute atomic E-state index is 12.8. The van der Waals surface area contributed by atoms with Crippen molar-refractivity contribution in [2.45, 2.75) is 17.6 Å². The predicted octanol–water partition coefficient (Wildman–Crippen LogP) is 2.25. The van der Waals surface area contributed by atoms with Crippen molar-refractivity contribution in [3.05, 3.63) is 35.6 Å². The molecule has 5 heteroatoms. The minimum absolute atomic E-state index is 0.131. The van der Waals surface area contributed by atoms with Crippen LogP contribution in [0.15, 0.2) is 24.3 Å². The molecule has 0 radical (unpaired) electrons. The lowest BCUT2D eigenvalue weighted by molar-refractivity contribution is 0.607. The van der Waals surface area contributed by atoms with Crippen LogP contribution in [0, 0.1) is 5.82 Å². The van der Waals surface area contributed by atoms with Crippen LogP contribution in [0.2, 0.25) is 0 Å². The van der Waals surface area contributed by atoms with Crippen molar-refractivity contribution in [1.29, 1.82) is 0 Å². The summed E-state index contributed by atoms with van der Waals surface area (Å²) in [5.74, 6) is -0.478. The van der Waals surface area contributed by atoms with Crippen molar-refractivity contribution in [1.82, 2.24) is 0 Å². The van der Waals surface area contributed by atoms with E-state index in [-0.39, 0.29) is 11.7 Å². The highest BCUT2D eigenvalue weighted by Crippen LogP contribution is 2.47. The molecule has 0 N–H and O–H groups in total. The van der Waals surface area contributed by atoms with E-state index < -0.39 is 14.3 Å². The van der Waals surface area contributed by atoms with Gasteiger partial charge in [-0.15, -0.1) is 0 Å². The Kier molecular flexibility index (Phi) is 2.27. The SMILES string of the molecule is O=S(=O)(Cl)[C@H]1C[C@H]1c1cccc(F)c1. The van der Waals surface area contributed by atoms with Crippen LogP contribution in [-0.4, -0.2) is 13.7 Å². The second-order valence-corrected chi connectivity index (χ2v) is 6.26. The van der Waals surface area contributed by atoms with Crippen molar-refractivity contribution in [2.75, 3.05) is 0 Å². The van der Waals surface area contributed by atoms with Gasteiger partial charge in [-0.2, -0.15) is 0 Å². The fourth-order valence-electron chi connectivity index (χ4n) is 1.57. The Balaban J connectivity index is 2.22. The quantitative estimate of drug-likeness (QED) is 0.736.